The van der Waals surface area contributed by atoms with Crippen molar-refractivity contribution >= 4 is 5.78 Å². The summed E-state index contributed by atoms with van der Waals surface area (Å²) in [4.78, 5) is 13.6. The number of ketones is 1. The fourth-order valence-corrected chi connectivity index (χ4v) is 4.13. The Hall–Kier alpha value is -3.13. The Labute approximate surface area is 199 Å². The summed E-state index contributed by atoms with van der Waals surface area (Å²) in [6, 6.07) is 7.08. The van der Waals surface area contributed by atoms with Crippen LogP contribution in [-0.2, 0) is 9.47 Å². The molecule has 0 aromatic heterocycles. The maximum Gasteiger partial charge on any atom is 0.204 e. The minimum Gasteiger partial charge on any atom is -0.508 e. The Bertz CT molecular complexity index is 1070. The molecule has 0 aliphatic carbocycles. The molecule has 2 aliphatic rings. The first-order valence-electron chi connectivity index (χ1n) is 10.7. The van der Waals surface area contributed by atoms with Crippen LogP contribution in [0.25, 0.3) is 0 Å². The van der Waals surface area contributed by atoms with Crippen molar-refractivity contribution in [1.29, 1.82) is 0 Å². The summed E-state index contributed by atoms with van der Waals surface area (Å²) in [5, 5.41) is 60.5. The standard InChI is InChI=1S/C23H26O12/c1-31-12-7-11-14(16(27)21(12)32-2)17(28)22(20(33-11)9-3-5-10(25)6-4-9)35-23-19(30)18(29)15(26)13(8-24)34-23/h3-7,13,15,18-20,22-27,29-30H,8H2,1-2H3. The third-order valence-electron chi connectivity index (χ3n) is 5.99. The second kappa shape index (κ2) is 9.85. The van der Waals surface area contributed by atoms with Gasteiger partial charge in [0, 0.05) is 6.07 Å². The summed E-state index contributed by atoms with van der Waals surface area (Å²) >= 11 is 0. The van der Waals surface area contributed by atoms with E-state index in [4.69, 9.17) is 23.7 Å². The highest BCUT2D eigenvalue weighted by Crippen LogP contribution is 2.49. The normalized spacial score (nSPS) is 30.3. The van der Waals surface area contributed by atoms with E-state index in [2.05, 4.69) is 0 Å². The number of aromatic hydroxyl groups is 2. The predicted octanol–water partition coefficient (Wildman–Crippen LogP) is -0.384. The van der Waals surface area contributed by atoms with Crippen molar-refractivity contribution in [3.8, 4) is 28.7 Å². The Kier molecular flexibility index (Phi) is 7.03. The first kappa shape index (κ1) is 25.0. The maximum absolute atomic E-state index is 13.6. The molecular formula is C23H26O12. The van der Waals surface area contributed by atoms with Gasteiger partial charge in [-0.15, -0.1) is 0 Å². The van der Waals surface area contributed by atoms with Crippen molar-refractivity contribution in [3.05, 3.63) is 41.5 Å². The molecule has 2 aromatic rings. The molecule has 0 spiro atoms. The summed E-state index contributed by atoms with van der Waals surface area (Å²) in [6.07, 6.45) is -10.7. The van der Waals surface area contributed by atoms with E-state index in [0.717, 1.165) is 0 Å². The molecule has 1 saturated heterocycles. The molecule has 1 fully saturated rings. The number of aliphatic hydroxyl groups excluding tert-OH is 4. The fraction of sp³-hybridized carbons (Fsp3) is 0.435. The third kappa shape index (κ3) is 4.35. The number of aliphatic hydroxyl groups is 4. The van der Waals surface area contributed by atoms with Crippen LogP contribution in [0.5, 0.6) is 28.7 Å². The number of benzene rings is 2. The lowest BCUT2D eigenvalue weighted by atomic mass is 9.91. The van der Waals surface area contributed by atoms with E-state index in [0.29, 0.717) is 5.56 Å². The lowest BCUT2D eigenvalue weighted by Crippen LogP contribution is -2.60. The second-order valence-electron chi connectivity index (χ2n) is 8.08. The molecule has 0 bridgehead atoms. The number of phenols is 2. The van der Waals surface area contributed by atoms with Crippen LogP contribution in [0.2, 0.25) is 0 Å². The number of fused-ring (bicyclic) bond motifs is 1. The Morgan fingerprint density at radius 3 is 2.26 bits per heavy atom. The number of hydrogen-bond donors (Lipinski definition) is 6. The number of carbonyl (C=O) groups excluding carboxylic acids is 1. The minimum atomic E-state index is -1.78. The van der Waals surface area contributed by atoms with Gasteiger partial charge < -0.3 is 54.3 Å². The van der Waals surface area contributed by atoms with Crippen molar-refractivity contribution in [2.24, 2.45) is 0 Å². The van der Waals surface area contributed by atoms with Crippen molar-refractivity contribution < 1.29 is 59.1 Å². The summed E-state index contributed by atoms with van der Waals surface area (Å²) in [7, 11) is 2.62. The van der Waals surface area contributed by atoms with Crippen LogP contribution in [0, 0.1) is 0 Å². The van der Waals surface area contributed by atoms with Crippen LogP contribution in [0.3, 0.4) is 0 Å². The first-order valence-corrected chi connectivity index (χ1v) is 10.7. The molecule has 2 heterocycles. The van der Waals surface area contributed by atoms with Gasteiger partial charge in [0.05, 0.1) is 20.8 Å². The van der Waals surface area contributed by atoms with E-state index in [-0.39, 0.29) is 28.6 Å². The van der Waals surface area contributed by atoms with Crippen molar-refractivity contribution in [2.75, 3.05) is 20.8 Å². The van der Waals surface area contributed by atoms with Gasteiger partial charge in [0.25, 0.3) is 0 Å². The second-order valence-corrected chi connectivity index (χ2v) is 8.08. The lowest BCUT2D eigenvalue weighted by molar-refractivity contribution is -0.311. The van der Waals surface area contributed by atoms with E-state index in [9.17, 15) is 35.4 Å². The number of ether oxygens (including phenoxy) is 5. The van der Waals surface area contributed by atoms with Gasteiger partial charge in [0.1, 0.15) is 41.5 Å². The van der Waals surface area contributed by atoms with Crippen LogP contribution in [0.1, 0.15) is 22.0 Å². The van der Waals surface area contributed by atoms with Gasteiger partial charge in [-0.25, -0.2) is 0 Å². The Balaban J connectivity index is 1.77. The molecule has 35 heavy (non-hydrogen) atoms. The molecule has 7 unspecified atom stereocenters. The highest BCUT2D eigenvalue weighted by atomic mass is 16.7. The summed E-state index contributed by atoms with van der Waals surface area (Å²) in [6.45, 7) is -0.693. The summed E-state index contributed by atoms with van der Waals surface area (Å²) in [5.41, 5.74) is 0.123. The van der Waals surface area contributed by atoms with Crippen LogP contribution in [-0.4, -0.2) is 94.1 Å². The fourth-order valence-electron chi connectivity index (χ4n) is 4.13. The van der Waals surface area contributed by atoms with Crippen molar-refractivity contribution in [3.63, 3.8) is 0 Å². The van der Waals surface area contributed by atoms with Crippen molar-refractivity contribution in [1.82, 2.24) is 0 Å². The van der Waals surface area contributed by atoms with Crippen LogP contribution >= 0.6 is 0 Å². The molecule has 0 saturated carbocycles. The maximum atomic E-state index is 13.6. The van der Waals surface area contributed by atoms with E-state index in [1.165, 1.54) is 44.6 Å². The highest BCUT2D eigenvalue weighted by molar-refractivity contribution is 6.06. The molecule has 0 amide bonds. The molecule has 2 aromatic carbocycles. The number of Topliss-reactive ketones (excluding diaryl/α,β-unsaturated/α-hetero) is 1. The molecule has 12 nitrogen and oxygen atoms in total. The lowest BCUT2D eigenvalue weighted by Gasteiger charge is -2.42. The quantitative estimate of drug-likeness (QED) is 0.306. The minimum absolute atomic E-state index is 0.0307. The van der Waals surface area contributed by atoms with Gasteiger partial charge >= 0.3 is 0 Å². The smallest absolute Gasteiger partial charge is 0.204 e. The largest absolute Gasteiger partial charge is 0.508 e. The van der Waals surface area contributed by atoms with Gasteiger partial charge in [0.2, 0.25) is 11.5 Å². The van der Waals surface area contributed by atoms with Gasteiger partial charge in [-0.1, -0.05) is 12.1 Å². The number of methoxy groups -OCH3 is 2. The number of hydrogen-bond acceptors (Lipinski definition) is 12. The number of phenolic OH excluding ortho intramolecular Hbond substituents is 2. The number of carbonyl (C=O) groups is 1. The predicted molar refractivity (Wildman–Crippen MR) is 116 cm³/mol. The van der Waals surface area contributed by atoms with E-state index in [1.54, 1.807) is 0 Å². The molecule has 2 aliphatic heterocycles. The number of rotatable bonds is 6. The monoisotopic (exact) mass is 494 g/mol. The first-order chi connectivity index (χ1) is 16.7. The van der Waals surface area contributed by atoms with Gasteiger partial charge in [0.15, 0.2) is 30.0 Å². The van der Waals surface area contributed by atoms with Crippen LogP contribution in [0.15, 0.2) is 30.3 Å². The SMILES string of the molecule is COc1cc2c(c(O)c1OC)C(=O)C(OC1OC(CO)C(O)C(O)C1O)C(c1ccc(O)cc1)O2. The van der Waals surface area contributed by atoms with Crippen molar-refractivity contribution in [2.45, 2.75) is 42.9 Å². The highest BCUT2D eigenvalue weighted by Gasteiger charge is 2.49. The molecule has 12 heteroatoms. The zero-order valence-corrected chi connectivity index (χ0v) is 18.8. The van der Waals surface area contributed by atoms with Crippen LogP contribution < -0.4 is 14.2 Å². The van der Waals surface area contributed by atoms with E-state index in [1.807, 2.05) is 0 Å². The zero-order chi connectivity index (χ0) is 25.4. The Morgan fingerprint density at radius 2 is 1.66 bits per heavy atom. The summed E-state index contributed by atoms with van der Waals surface area (Å²) in [5.74, 6) is -1.39. The van der Waals surface area contributed by atoms with Crippen LogP contribution in [0.4, 0.5) is 0 Å². The molecule has 6 N–H and O–H groups in total. The average Bonchev–Trinajstić information content (AvgIpc) is 2.85. The summed E-state index contributed by atoms with van der Waals surface area (Å²) < 4.78 is 27.6. The molecule has 190 valence electrons. The molecule has 4 rings (SSSR count). The Morgan fingerprint density at radius 1 is 0.971 bits per heavy atom. The average molecular weight is 494 g/mol. The van der Waals surface area contributed by atoms with Gasteiger partial charge in [-0.2, -0.15) is 0 Å². The molecule has 7 atom stereocenters. The van der Waals surface area contributed by atoms with E-state index >= 15 is 0 Å². The third-order valence-corrected chi connectivity index (χ3v) is 5.99. The van der Waals surface area contributed by atoms with Gasteiger partial charge in [-0.3, -0.25) is 4.79 Å². The zero-order valence-electron chi connectivity index (χ0n) is 18.8. The topological polar surface area (TPSA) is 185 Å². The van der Waals surface area contributed by atoms with E-state index < -0.39 is 61.1 Å². The molecule has 0 radical (unpaired) electrons. The molecular weight excluding hydrogens is 468 g/mol. The van der Waals surface area contributed by atoms with Gasteiger partial charge in [-0.05, 0) is 17.7 Å².